The van der Waals surface area contributed by atoms with E-state index in [-0.39, 0.29) is 0 Å². The predicted molar refractivity (Wildman–Crippen MR) is 111 cm³/mol. The van der Waals surface area contributed by atoms with Gasteiger partial charge in [-0.05, 0) is 48.9 Å². The van der Waals surface area contributed by atoms with Crippen molar-refractivity contribution in [1.29, 1.82) is 0 Å². The first-order valence-electron chi connectivity index (χ1n) is 10.4. The third-order valence-corrected chi connectivity index (χ3v) is 5.39. The Morgan fingerprint density at radius 3 is 2.24 bits per heavy atom. The maximum Gasteiger partial charge on any atom is 0.0467 e. The van der Waals surface area contributed by atoms with Crippen LogP contribution in [0.15, 0.2) is 36.4 Å². The SMILES string of the molecule is CCCCCCc1ccc2c(c1)[nH]c1cccc(CCCCCC)c12. The van der Waals surface area contributed by atoms with Gasteiger partial charge in [-0.2, -0.15) is 0 Å². The molecule has 0 aliphatic rings. The van der Waals surface area contributed by atoms with E-state index in [1.807, 2.05) is 0 Å². The normalized spacial score (nSPS) is 11.6. The number of aryl methyl sites for hydroxylation is 2. The van der Waals surface area contributed by atoms with Crippen LogP contribution in [0.3, 0.4) is 0 Å². The van der Waals surface area contributed by atoms with Gasteiger partial charge in [-0.25, -0.2) is 0 Å². The topological polar surface area (TPSA) is 15.8 Å². The molecule has 0 bridgehead atoms. The number of benzene rings is 2. The summed E-state index contributed by atoms with van der Waals surface area (Å²) in [4.78, 5) is 3.66. The Bertz CT molecular complexity index is 796. The fourth-order valence-electron chi connectivity index (χ4n) is 3.94. The van der Waals surface area contributed by atoms with Crippen LogP contribution in [-0.4, -0.2) is 4.98 Å². The summed E-state index contributed by atoms with van der Waals surface area (Å²) in [5.41, 5.74) is 5.59. The smallest absolute Gasteiger partial charge is 0.0467 e. The van der Waals surface area contributed by atoms with Gasteiger partial charge in [0.2, 0.25) is 0 Å². The maximum atomic E-state index is 3.66. The summed E-state index contributed by atoms with van der Waals surface area (Å²) >= 11 is 0. The van der Waals surface area contributed by atoms with E-state index in [0.717, 1.165) is 0 Å². The van der Waals surface area contributed by atoms with Crippen LogP contribution in [0, 0.1) is 0 Å². The largest absolute Gasteiger partial charge is 0.354 e. The Labute approximate surface area is 152 Å². The van der Waals surface area contributed by atoms with Crippen molar-refractivity contribution in [3.63, 3.8) is 0 Å². The molecular weight excluding hydrogens is 302 g/mol. The van der Waals surface area contributed by atoms with Gasteiger partial charge in [-0.15, -0.1) is 0 Å². The molecule has 1 heterocycles. The number of H-pyrrole nitrogens is 1. The molecule has 0 saturated carbocycles. The Morgan fingerprint density at radius 2 is 1.48 bits per heavy atom. The molecule has 0 radical (unpaired) electrons. The average molecular weight is 336 g/mol. The minimum atomic E-state index is 1.20. The molecule has 0 unspecified atom stereocenters. The van der Waals surface area contributed by atoms with Crippen molar-refractivity contribution >= 4 is 21.8 Å². The van der Waals surface area contributed by atoms with Crippen LogP contribution in [0.1, 0.15) is 76.3 Å². The van der Waals surface area contributed by atoms with E-state index < -0.39 is 0 Å². The molecule has 1 heteroatoms. The summed E-state index contributed by atoms with van der Waals surface area (Å²) in [6, 6.07) is 13.8. The number of fused-ring (bicyclic) bond motifs is 3. The molecular formula is C24H33N. The highest BCUT2D eigenvalue weighted by Gasteiger charge is 2.09. The molecule has 0 aliphatic heterocycles. The van der Waals surface area contributed by atoms with Crippen molar-refractivity contribution in [2.75, 3.05) is 0 Å². The highest BCUT2D eigenvalue weighted by molar-refractivity contribution is 6.09. The number of rotatable bonds is 10. The molecule has 3 aromatic rings. The van der Waals surface area contributed by atoms with Gasteiger partial charge in [0, 0.05) is 21.8 Å². The van der Waals surface area contributed by atoms with E-state index in [0.29, 0.717) is 0 Å². The average Bonchev–Trinajstić information content (AvgIpc) is 3.01. The summed E-state index contributed by atoms with van der Waals surface area (Å²) in [6.45, 7) is 4.55. The zero-order valence-corrected chi connectivity index (χ0v) is 16.0. The van der Waals surface area contributed by atoms with Gasteiger partial charge >= 0.3 is 0 Å². The Kier molecular flexibility index (Phi) is 6.55. The van der Waals surface area contributed by atoms with Crippen molar-refractivity contribution in [3.8, 4) is 0 Å². The Balaban J connectivity index is 1.81. The van der Waals surface area contributed by atoms with Gasteiger partial charge < -0.3 is 4.98 Å². The van der Waals surface area contributed by atoms with E-state index in [2.05, 4.69) is 55.2 Å². The van der Waals surface area contributed by atoms with Crippen LogP contribution in [0.2, 0.25) is 0 Å². The molecule has 0 aliphatic carbocycles. The lowest BCUT2D eigenvalue weighted by atomic mass is 9.99. The summed E-state index contributed by atoms with van der Waals surface area (Å²) < 4.78 is 0. The second-order valence-electron chi connectivity index (χ2n) is 7.47. The van der Waals surface area contributed by atoms with Crippen LogP contribution < -0.4 is 0 Å². The van der Waals surface area contributed by atoms with Crippen molar-refractivity contribution < 1.29 is 0 Å². The minimum Gasteiger partial charge on any atom is -0.354 e. The number of hydrogen-bond acceptors (Lipinski definition) is 0. The van der Waals surface area contributed by atoms with E-state index in [1.165, 1.54) is 97.1 Å². The first-order chi connectivity index (χ1) is 12.3. The maximum absolute atomic E-state index is 3.66. The molecule has 134 valence electrons. The van der Waals surface area contributed by atoms with E-state index in [9.17, 15) is 0 Å². The number of unbranched alkanes of at least 4 members (excludes halogenated alkanes) is 6. The van der Waals surface area contributed by atoms with Gasteiger partial charge in [0.05, 0.1) is 0 Å². The highest BCUT2D eigenvalue weighted by Crippen LogP contribution is 2.30. The summed E-state index contributed by atoms with van der Waals surface area (Å²) in [7, 11) is 0. The van der Waals surface area contributed by atoms with Crippen LogP contribution >= 0.6 is 0 Å². The first kappa shape index (κ1) is 18.0. The number of aromatic nitrogens is 1. The van der Waals surface area contributed by atoms with Crippen LogP contribution in [0.25, 0.3) is 21.8 Å². The zero-order valence-electron chi connectivity index (χ0n) is 16.0. The molecule has 25 heavy (non-hydrogen) atoms. The van der Waals surface area contributed by atoms with Crippen molar-refractivity contribution in [2.45, 2.75) is 78.1 Å². The van der Waals surface area contributed by atoms with Crippen molar-refractivity contribution in [1.82, 2.24) is 4.98 Å². The van der Waals surface area contributed by atoms with Gasteiger partial charge in [0.1, 0.15) is 0 Å². The van der Waals surface area contributed by atoms with Gasteiger partial charge in [0.15, 0.2) is 0 Å². The number of nitrogens with one attached hydrogen (secondary N) is 1. The third-order valence-electron chi connectivity index (χ3n) is 5.39. The molecule has 0 atom stereocenters. The molecule has 0 fully saturated rings. The molecule has 0 spiro atoms. The van der Waals surface area contributed by atoms with Crippen molar-refractivity contribution in [3.05, 3.63) is 47.5 Å². The number of hydrogen-bond donors (Lipinski definition) is 1. The van der Waals surface area contributed by atoms with Crippen LogP contribution in [-0.2, 0) is 12.8 Å². The molecule has 3 rings (SSSR count). The number of aromatic amines is 1. The summed E-state index contributed by atoms with van der Waals surface area (Å²) in [6.07, 6.45) is 13.0. The predicted octanol–water partition coefficient (Wildman–Crippen LogP) is 7.57. The van der Waals surface area contributed by atoms with E-state index >= 15 is 0 Å². The third kappa shape index (κ3) is 4.45. The van der Waals surface area contributed by atoms with Gasteiger partial charge in [-0.1, -0.05) is 76.6 Å². The second-order valence-corrected chi connectivity index (χ2v) is 7.47. The molecule has 1 nitrogen and oxygen atoms in total. The van der Waals surface area contributed by atoms with Crippen LogP contribution in [0.4, 0.5) is 0 Å². The molecule has 1 aromatic heterocycles. The Hall–Kier alpha value is -1.76. The minimum absolute atomic E-state index is 1.20. The summed E-state index contributed by atoms with van der Waals surface area (Å²) in [5.74, 6) is 0. The van der Waals surface area contributed by atoms with Gasteiger partial charge in [-0.3, -0.25) is 0 Å². The highest BCUT2D eigenvalue weighted by atomic mass is 14.7. The lowest BCUT2D eigenvalue weighted by Gasteiger charge is -2.05. The lowest BCUT2D eigenvalue weighted by molar-refractivity contribution is 0.667. The zero-order chi connectivity index (χ0) is 17.5. The lowest BCUT2D eigenvalue weighted by Crippen LogP contribution is -1.87. The van der Waals surface area contributed by atoms with Crippen molar-refractivity contribution in [2.24, 2.45) is 0 Å². The standard InChI is InChI=1S/C24H33N/c1-3-5-7-9-12-19-16-17-21-23(18-19)25-22-15-11-14-20(24(21)22)13-10-8-6-4-2/h11,14-18,25H,3-10,12-13H2,1-2H3. The quantitative estimate of drug-likeness (QED) is 0.368. The molecule has 0 saturated heterocycles. The van der Waals surface area contributed by atoms with E-state index in [4.69, 9.17) is 0 Å². The second kappa shape index (κ2) is 9.08. The Morgan fingerprint density at radius 1 is 0.720 bits per heavy atom. The van der Waals surface area contributed by atoms with E-state index in [1.54, 1.807) is 0 Å². The first-order valence-corrected chi connectivity index (χ1v) is 10.4. The monoisotopic (exact) mass is 335 g/mol. The molecule has 0 amide bonds. The fourth-order valence-corrected chi connectivity index (χ4v) is 3.94. The van der Waals surface area contributed by atoms with Crippen LogP contribution in [0.5, 0.6) is 0 Å². The fraction of sp³-hybridized carbons (Fsp3) is 0.500. The summed E-state index contributed by atoms with van der Waals surface area (Å²) in [5, 5.41) is 2.85. The van der Waals surface area contributed by atoms with Gasteiger partial charge in [0.25, 0.3) is 0 Å². The molecule has 1 N–H and O–H groups in total. The molecule has 2 aromatic carbocycles.